The van der Waals surface area contributed by atoms with Crippen LogP contribution in [0.3, 0.4) is 0 Å². The van der Waals surface area contributed by atoms with E-state index in [1.165, 1.54) is 0 Å². The fourth-order valence-corrected chi connectivity index (χ4v) is 2.17. The highest BCUT2D eigenvalue weighted by molar-refractivity contribution is 5.91. The first-order valence-corrected chi connectivity index (χ1v) is 8.43. The quantitative estimate of drug-likeness (QED) is 0.831. The Morgan fingerprint density at radius 1 is 1.24 bits per heavy atom. The third-order valence-corrected chi connectivity index (χ3v) is 3.40. The molecule has 0 fully saturated rings. The summed E-state index contributed by atoms with van der Waals surface area (Å²) in [6, 6.07) is 7.21. The lowest BCUT2D eigenvalue weighted by Crippen LogP contribution is -2.40. The van der Waals surface area contributed by atoms with Crippen LogP contribution >= 0.6 is 0 Å². The summed E-state index contributed by atoms with van der Waals surface area (Å²) in [7, 11) is 1.72. The van der Waals surface area contributed by atoms with Gasteiger partial charge < -0.3 is 14.6 Å². The fourth-order valence-electron chi connectivity index (χ4n) is 2.17. The molecule has 25 heavy (non-hydrogen) atoms. The molecule has 0 atom stereocenters. The summed E-state index contributed by atoms with van der Waals surface area (Å²) >= 11 is 0. The number of urea groups is 1. The van der Waals surface area contributed by atoms with Crippen molar-refractivity contribution in [3.05, 3.63) is 36.0 Å². The Morgan fingerprint density at radius 3 is 2.52 bits per heavy atom. The number of amides is 2. The number of ether oxygens (including phenoxy) is 1. The molecule has 0 aliphatic rings. The minimum atomic E-state index is -0.146. The van der Waals surface area contributed by atoms with E-state index in [1.807, 2.05) is 26.0 Å². The number of benzene rings is 1. The Bertz CT molecular complexity index is 680. The van der Waals surface area contributed by atoms with Crippen LogP contribution in [-0.2, 0) is 13.0 Å². The maximum absolute atomic E-state index is 12.0. The molecule has 1 N–H and O–H groups in total. The lowest BCUT2D eigenvalue weighted by Gasteiger charge is -2.20. The summed E-state index contributed by atoms with van der Waals surface area (Å²) in [5.74, 6) is 2.30. The van der Waals surface area contributed by atoms with Gasteiger partial charge in [-0.3, -0.25) is 4.90 Å². The number of carbonyl (C=O) groups excluding carboxylic acids is 1. The SMILES string of the molecule is CC(C)Cc1noc(COc2ccc(N(C)C(=O)NC(C)C)cc2)n1. The molecule has 0 saturated heterocycles. The number of hydrogen-bond acceptors (Lipinski definition) is 5. The van der Waals surface area contributed by atoms with Gasteiger partial charge in [-0.1, -0.05) is 19.0 Å². The van der Waals surface area contributed by atoms with E-state index in [0.29, 0.717) is 23.4 Å². The molecular formula is C18H26N4O3. The molecule has 2 rings (SSSR count). The van der Waals surface area contributed by atoms with Gasteiger partial charge in [-0.25, -0.2) is 4.79 Å². The van der Waals surface area contributed by atoms with Crippen molar-refractivity contribution in [1.82, 2.24) is 15.5 Å². The third-order valence-electron chi connectivity index (χ3n) is 3.40. The van der Waals surface area contributed by atoms with Crippen LogP contribution in [-0.4, -0.2) is 29.3 Å². The van der Waals surface area contributed by atoms with Crippen LogP contribution in [0.5, 0.6) is 5.75 Å². The van der Waals surface area contributed by atoms with Gasteiger partial charge in [-0.2, -0.15) is 4.98 Å². The second kappa shape index (κ2) is 8.50. The van der Waals surface area contributed by atoms with E-state index in [1.54, 1.807) is 24.1 Å². The zero-order chi connectivity index (χ0) is 18.4. The average molecular weight is 346 g/mol. The van der Waals surface area contributed by atoms with Crippen LogP contribution in [0.2, 0.25) is 0 Å². The van der Waals surface area contributed by atoms with Gasteiger partial charge in [0, 0.05) is 25.2 Å². The highest BCUT2D eigenvalue weighted by Gasteiger charge is 2.12. The molecule has 0 saturated carbocycles. The van der Waals surface area contributed by atoms with Crippen LogP contribution in [0.25, 0.3) is 0 Å². The Balaban J connectivity index is 1.89. The number of hydrogen-bond donors (Lipinski definition) is 1. The monoisotopic (exact) mass is 346 g/mol. The zero-order valence-corrected chi connectivity index (χ0v) is 15.4. The summed E-state index contributed by atoms with van der Waals surface area (Å²) in [5.41, 5.74) is 0.780. The molecule has 0 bridgehead atoms. The number of anilines is 1. The summed E-state index contributed by atoms with van der Waals surface area (Å²) in [6.45, 7) is 8.27. The van der Waals surface area contributed by atoms with E-state index in [9.17, 15) is 4.79 Å². The normalized spacial score (nSPS) is 11.0. The lowest BCUT2D eigenvalue weighted by molar-refractivity contribution is 0.242. The topological polar surface area (TPSA) is 80.5 Å². The van der Waals surface area contributed by atoms with Gasteiger partial charge in [-0.15, -0.1) is 0 Å². The van der Waals surface area contributed by atoms with Crippen molar-refractivity contribution < 1.29 is 14.1 Å². The molecule has 136 valence electrons. The molecule has 7 nitrogen and oxygen atoms in total. The molecular weight excluding hydrogens is 320 g/mol. The average Bonchev–Trinajstić information content (AvgIpc) is 2.98. The van der Waals surface area contributed by atoms with Crippen LogP contribution in [0, 0.1) is 5.92 Å². The summed E-state index contributed by atoms with van der Waals surface area (Å²) in [4.78, 5) is 17.8. The van der Waals surface area contributed by atoms with Gasteiger partial charge in [0.2, 0.25) is 0 Å². The minimum Gasteiger partial charge on any atom is -0.484 e. The zero-order valence-electron chi connectivity index (χ0n) is 15.4. The van der Waals surface area contributed by atoms with E-state index in [2.05, 4.69) is 29.3 Å². The van der Waals surface area contributed by atoms with Gasteiger partial charge in [0.05, 0.1) is 0 Å². The smallest absolute Gasteiger partial charge is 0.321 e. The Hall–Kier alpha value is -2.57. The standard InChI is InChI=1S/C18H26N4O3/c1-12(2)10-16-20-17(25-21-16)11-24-15-8-6-14(7-9-15)22(5)18(23)19-13(3)4/h6-9,12-13H,10-11H2,1-5H3,(H,19,23). The van der Waals surface area contributed by atoms with Crippen molar-refractivity contribution in [2.75, 3.05) is 11.9 Å². The first kappa shape index (κ1) is 18.8. The molecule has 1 aromatic carbocycles. The van der Waals surface area contributed by atoms with Crippen molar-refractivity contribution in [3.8, 4) is 5.75 Å². The van der Waals surface area contributed by atoms with Gasteiger partial charge in [-0.05, 0) is 44.0 Å². The van der Waals surface area contributed by atoms with Gasteiger partial charge in [0.15, 0.2) is 12.4 Å². The van der Waals surface area contributed by atoms with E-state index < -0.39 is 0 Å². The van der Waals surface area contributed by atoms with Crippen LogP contribution < -0.4 is 15.0 Å². The van der Waals surface area contributed by atoms with E-state index >= 15 is 0 Å². The molecule has 0 spiro atoms. The number of rotatable bonds is 7. The first-order valence-electron chi connectivity index (χ1n) is 8.43. The molecule has 7 heteroatoms. The largest absolute Gasteiger partial charge is 0.484 e. The Morgan fingerprint density at radius 2 is 1.92 bits per heavy atom. The van der Waals surface area contributed by atoms with E-state index in [0.717, 1.165) is 12.1 Å². The lowest BCUT2D eigenvalue weighted by atomic mass is 10.1. The van der Waals surface area contributed by atoms with Crippen LogP contribution in [0.1, 0.15) is 39.4 Å². The van der Waals surface area contributed by atoms with Gasteiger partial charge in [0.25, 0.3) is 5.89 Å². The molecule has 2 amide bonds. The molecule has 0 aliphatic heterocycles. The predicted octanol–water partition coefficient (Wildman–Crippen LogP) is 3.40. The number of aromatic nitrogens is 2. The maximum Gasteiger partial charge on any atom is 0.321 e. The highest BCUT2D eigenvalue weighted by Crippen LogP contribution is 2.19. The minimum absolute atomic E-state index is 0.0903. The second-order valence-electron chi connectivity index (χ2n) is 6.65. The first-order chi connectivity index (χ1) is 11.8. The summed E-state index contributed by atoms with van der Waals surface area (Å²) < 4.78 is 10.8. The molecule has 0 aliphatic carbocycles. The molecule has 0 radical (unpaired) electrons. The second-order valence-corrected chi connectivity index (χ2v) is 6.65. The Kier molecular flexibility index (Phi) is 6.38. The third kappa shape index (κ3) is 5.77. The Labute approximate surface area is 148 Å². The van der Waals surface area contributed by atoms with Crippen molar-refractivity contribution in [2.24, 2.45) is 5.92 Å². The van der Waals surface area contributed by atoms with Gasteiger partial charge in [0.1, 0.15) is 5.75 Å². The molecule has 0 unspecified atom stereocenters. The number of carbonyl (C=O) groups is 1. The number of nitrogens with zero attached hydrogens (tertiary/aromatic N) is 3. The highest BCUT2D eigenvalue weighted by atomic mass is 16.5. The molecule has 1 heterocycles. The van der Waals surface area contributed by atoms with E-state index in [-0.39, 0.29) is 18.7 Å². The van der Waals surface area contributed by atoms with Crippen molar-refractivity contribution in [1.29, 1.82) is 0 Å². The van der Waals surface area contributed by atoms with Gasteiger partial charge >= 0.3 is 6.03 Å². The maximum atomic E-state index is 12.0. The van der Waals surface area contributed by atoms with Crippen molar-refractivity contribution >= 4 is 11.7 Å². The van der Waals surface area contributed by atoms with Crippen molar-refractivity contribution in [3.63, 3.8) is 0 Å². The van der Waals surface area contributed by atoms with Crippen LogP contribution in [0.15, 0.2) is 28.8 Å². The fraction of sp³-hybridized carbons (Fsp3) is 0.500. The summed E-state index contributed by atoms with van der Waals surface area (Å²) in [6.07, 6.45) is 0.781. The van der Waals surface area contributed by atoms with E-state index in [4.69, 9.17) is 9.26 Å². The van der Waals surface area contributed by atoms with Crippen molar-refractivity contribution in [2.45, 2.75) is 46.8 Å². The molecule has 1 aromatic heterocycles. The number of nitrogens with one attached hydrogen (secondary N) is 1. The predicted molar refractivity (Wildman–Crippen MR) is 95.7 cm³/mol. The summed E-state index contributed by atoms with van der Waals surface area (Å²) in [5, 5.41) is 6.78. The molecule has 2 aromatic rings. The van der Waals surface area contributed by atoms with Crippen LogP contribution in [0.4, 0.5) is 10.5 Å².